The topological polar surface area (TPSA) is 69.4 Å². The van der Waals surface area contributed by atoms with Gasteiger partial charge in [-0.2, -0.15) is 4.98 Å². The summed E-state index contributed by atoms with van der Waals surface area (Å²) < 4.78 is 9.90. The van der Waals surface area contributed by atoms with Gasteiger partial charge in [0.05, 0.1) is 0 Å². The van der Waals surface area contributed by atoms with Crippen LogP contribution in [-0.2, 0) is 4.79 Å². The van der Waals surface area contributed by atoms with E-state index < -0.39 is 11.2 Å². The Bertz CT molecular complexity index is 606. The predicted octanol–water partition coefficient (Wildman–Crippen LogP) is 2.65. The number of benzene rings is 1. The quantitative estimate of drug-likeness (QED) is 0.630. The van der Waals surface area contributed by atoms with Crippen LogP contribution in [0.15, 0.2) is 34.9 Å². The van der Waals surface area contributed by atoms with Crippen LogP contribution >= 0.6 is 11.6 Å². The molecule has 0 radical (unpaired) electrons. The van der Waals surface area contributed by atoms with Crippen LogP contribution in [0.3, 0.4) is 0 Å². The third kappa shape index (κ3) is 2.75. The highest BCUT2D eigenvalue weighted by Gasteiger charge is 2.11. The molecule has 0 amide bonds. The highest BCUT2D eigenvalue weighted by Crippen LogP contribution is 2.23. The molecular weight excluding hydrogens is 258 g/mol. The summed E-state index contributed by atoms with van der Waals surface area (Å²) in [5.74, 6) is -0.175. The Morgan fingerprint density at radius 2 is 2.17 bits per heavy atom. The van der Waals surface area contributed by atoms with Gasteiger partial charge in [0, 0.05) is 18.1 Å². The van der Waals surface area contributed by atoms with Crippen molar-refractivity contribution in [3.05, 3.63) is 36.1 Å². The SMILES string of the molecule is CC(=O)Oc1coc(-c2cccc(C(=O)Cl)c2)n1. The molecule has 0 fully saturated rings. The van der Waals surface area contributed by atoms with Crippen molar-refractivity contribution in [2.75, 3.05) is 0 Å². The number of hydrogen-bond donors (Lipinski definition) is 0. The van der Waals surface area contributed by atoms with Crippen molar-refractivity contribution < 1.29 is 18.7 Å². The van der Waals surface area contributed by atoms with Gasteiger partial charge in [0.1, 0.15) is 0 Å². The Morgan fingerprint density at radius 1 is 1.39 bits per heavy atom. The van der Waals surface area contributed by atoms with Crippen molar-refractivity contribution in [3.63, 3.8) is 0 Å². The molecule has 1 aromatic heterocycles. The Balaban J connectivity index is 2.31. The molecule has 18 heavy (non-hydrogen) atoms. The fourth-order valence-electron chi connectivity index (χ4n) is 1.36. The molecule has 5 nitrogen and oxygen atoms in total. The first-order chi connectivity index (χ1) is 8.56. The molecule has 0 saturated carbocycles. The number of hydrogen-bond acceptors (Lipinski definition) is 5. The third-order valence-electron chi connectivity index (χ3n) is 2.07. The van der Waals surface area contributed by atoms with Crippen LogP contribution in [0.25, 0.3) is 11.5 Å². The van der Waals surface area contributed by atoms with E-state index in [2.05, 4.69) is 4.98 Å². The number of carbonyl (C=O) groups is 2. The molecule has 2 aromatic rings. The molecule has 0 spiro atoms. The summed E-state index contributed by atoms with van der Waals surface area (Å²) in [5, 5.41) is -0.566. The Kier molecular flexibility index (Phi) is 3.43. The molecule has 1 heterocycles. The van der Waals surface area contributed by atoms with Crippen molar-refractivity contribution in [2.45, 2.75) is 6.92 Å². The molecule has 0 atom stereocenters. The van der Waals surface area contributed by atoms with Crippen molar-refractivity contribution >= 4 is 22.8 Å². The van der Waals surface area contributed by atoms with Crippen molar-refractivity contribution in [3.8, 4) is 17.3 Å². The molecule has 0 aliphatic heterocycles. The fourth-order valence-corrected chi connectivity index (χ4v) is 1.48. The second-order valence-corrected chi connectivity index (χ2v) is 3.78. The summed E-state index contributed by atoms with van der Waals surface area (Å²) in [7, 11) is 0. The lowest BCUT2D eigenvalue weighted by Crippen LogP contribution is -2.01. The van der Waals surface area contributed by atoms with Gasteiger partial charge >= 0.3 is 5.97 Å². The van der Waals surface area contributed by atoms with Gasteiger partial charge in [-0.25, -0.2) is 0 Å². The standard InChI is InChI=1S/C12H8ClNO4/c1-7(15)18-10-6-17-12(14-10)9-4-2-3-8(5-9)11(13)16/h2-6H,1H3. The van der Waals surface area contributed by atoms with Gasteiger partial charge in [-0.05, 0) is 23.7 Å². The number of nitrogens with zero attached hydrogens (tertiary/aromatic N) is 1. The largest absolute Gasteiger partial charge is 0.440 e. The van der Waals surface area contributed by atoms with Crippen LogP contribution < -0.4 is 4.74 Å². The third-order valence-corrected chi connectivity index (χ3v) is 2.29. The van der Waals surface area contributed by atoms with Gasteiger partial charge in [0.25, 0.3) is 11.1 Å². The summed E-state index contributed by atoms with van der Waals surface area (Å²) in [4.78, 5) is 25.7. The fraction of sp³-hybridized carbons (Fsp3) is 0.0833. The average molecular weight is 266 g/mol. The number of oxazole rings is 1. The van der Waals surface area contributed by atoms with E-state index >= 15 is 0 Å². The lowest BCUT2D eigenvalue weighted by Gasteiger charge is -1.97. The maximum Gasteiger partial charge on any atom is 0.309 e. The zero-order valence-electron chi connectivity index (χ0n) is 9.34. The summed E-state index contributed by atoms with van der Waals surface area (Å²) >= 11 is 5.38. The molecule has 6 heteroatoms. The first-order valence-corrected chi connectivity index (χ1v) is 5.38. The number of aromatic nitrogens is 1. The van der Waals surface area contributed by atoms with Crippen molar-refractivity contribution in [2.24, 2.45) is 0 Å². The van der Waals surface area contributed by atoms with E-state index in [4.69, 9.17) is 20.8 Å². The molecule has 92 valence electrons. The van der Waals surface area contributed by atoms with Gasteiger partial charge < -0.3 is 9.15 Å². The first kappa shape index (κ1) is 12.3. The van der Waals surface area contributed by atoms with Gasteiger partial charge in [-0.15, -0.1) is 0 Å². The Labute approximate surface area is 107 Å². The van der Waals surface area contributed by atoms with E-state index in [0.717, 1.165) is 0 Å². The van der Waals surface area contributed by atoms with Crippen LogP contribution in [-0.4, -0.2) is 16.2 Å². The van der Waals surface area contributed by atoms with E-state index in [0.29, 0.717) is 11.1 Å². The minimum atomic E-state index is -0.566. The highest BCUT2D eigenvalue weighted by atomic mass is 35.5. The zero-order valence-corrected chi connectivity index (χ0v) is 10.1. The lowest BCUT2D eigenvalue weighted by atomic mass is 10.1. The maximum absolute atomic E-state index is 11.0. The summed E-state index contributed by atoms with van der Waals surface area (Å²) in [6.07, 6.45) is 1.21. The van der Waals surface area contributed by atoms with E-state index in [9.17, 15) is 9.59 Å². The van der Waals surface area contributed by atoms with Gasteiger partial charge in [-0.1, -0.05) is 12.1 Å². The van der Waals surface area contributed by atoms with Crippen LogP contribution in [0.5, 0.6) is 5.88 Å². The predicted molar refractivity (Wildman–Crippen MR) is 63.4 cm³/mol. The summed E-state index contributed by atoms with van der Waals surface area (Å²) in [5.41, 5.74) is 0.904. The summed E-state index contributed by atoms with van der Waals surface area (Å²) in [6.45, 7) is 1.27. The minimum Gasteiger partial charge on any atom is -0.440 e. The average Bonchev–Trinajstić information content (AvgIpc) is 2.77. The molecule has 0 N–H and O–H groups in total. The Morgan fingerprint density at radius 3 is 2.83 bits per heavy atom. The molecule has 0 bridgehead atoms. The first-order valence-electron chi connectivity index (χ1n) is 5.00. The van der Waals surface area contributed by atoms with Gasteiger partial charge in [-0.3, -0.25) is 9.59 Å². The maximum atomic E-state index is 11.0. The van der Waals surface area contributed by atoms with E-state index in [1.165, 1.54) is 13.2 Å². The van der Waals surface area contributed by atoms with Crippen LogP contribution in [0.1, 0.15) is 17.3 Å². The molecule has 2 rings (SSSR count). The Hall–Kier alpha value is -2.14. The number of esters is 1. The van der Waals surface area contributed by atoms with Crippen molar-refractivity contribution in [1.82, 2.24) is 4.98 Å². The number of rotatable bonds is 3. The second kappa shape index (κ2) is 5.01. The number of ether oxygens (including phenoxy) is 1. The minimum absolute atomic E-state index is 0.0695. The van der Waals surface area contributed by atoms with Gasteiger partial charge in [0.15, 0.2) is 6.26 Å². The monoisotopic (exact) mass is 265 g/mol. The molecule has 0 unspecified atom stereocenters. The number of carbonyl (C=O) groups excluding carboxylic acids is 2. The molecule has 0 aliphatic rings. The number of halogens is 1. The van der Waals surface area contributed by atoms with Crippen LogP contribution in [0, 0.1) is 0 Å². The van der Waals surface area contributed by atoms with Crippen LogP contribution in [0.2, 0.25) is 0 Å². The van der Waals surface area contributed by atoms with E-state index in [-0.39, 0.29) is 11.8 Å². The summed E-state index contributed by atoms with van der Waals surface area (Å²) in [6, 6.07) is 6.47. The van der Waals surface area contributed by atoms with E-state index in [1.807, 2.05) is 0 Å². The highest BCUT2D eigenvalue weighted by molar-refractivity contribution is 6.67. The van der Waals surface area contributed by atoms with E-state index in [1.54, 1.807) is 24.3 Å². The smallest absolute Gasteiger partial charge is 0.309 e. The normalized spacial score (nSPS) is 10.1. The molecule has 1 aromatic carbocycles. The lowest BCUT2D eigenvalue weighted by molar-refractivity contribution is -0.132. The second-order valence-electron chi connectivity index (χ2n) is 3.44. The molecule has 0 aliphatic carbocycles. The van der Waals surface area contributed by atoms with Crippen LogP contribution in [0.4, 0.5) is 0 Å². The van der Waals surface area contributed by atoms with Crippen molar-refractivity contribution in [1.29, 1.82) is 0 Å². The zero-order chi connectivity index (χ0) is 13.1. The molecular formula is C12H8ClNO4. The van der Waals surface area contributed by atoms with Gasteiger partial charge in [0.2, 0.25) is 5.89 Å². The molecule has 0 saturated heterocycles.